The molecule has 0 aromatic carbocycles. The number of nitrogens with zero attached hydrogens (tertiary/aromatic N) is 3. The Hall–Kier alpha value is -2.59. The van der Waals surface area contributed by atoms with E-state index in [-0.39, 0.29) is 24.9 Å². The highest BCUT2D eigenvalue weighted by atomic mass is 19.3. The summed E-state index contributed by atoms with van der Waals surface area (Å²) in [7, 11) is 0. The third-order valence-electron chi connectivity index (χ3n) is 5.16. The smallest absolute Gasteiger partial charge is 0.266 e. The van der Waals surface area contributed by atoms with Crippen LogP contribution >= 0.6 is 0 Å². The summed E-state index contributed by atoms with van der Waals surface area (Å²) in [5, 5.41) is 5.61. The average Bonchev–Trinajstić information content (AvgIpc) is 2.76. The molecule has 3 heterocycles. The van der Waals surface area contributed by atoms with Crippen LogP contribution in [-0.4, -0.2) is 66.8 Å². The van der Waals surface area contributed by atoms with Gasteiger partial charge in [0.05, 0.1) is 38.5 Å². The van der Waals surface area contributed by atoms with Crippen molar-refractivity contribution in [1.29, 1.82) is 0 Å². The van der Waals surface area contributed by atoms with Gasteiger partial charge in [-0.1, -0.05) is 6.58 Å². The molecular weight excluding hydrogens is 411 g/mol. The van der Waals surface area contributed by atoms with Crippen LogP contribution in [0.2, 0.25) is 0 Å². The van der Waals surface area contributed by atoms with Gasteiger partial charge in [-0.15, -0.1) is 0 Å². The fourth-order valence-corrected chi connectivity index (χ4v) is 3.34. The van der Waals surface area contributed by atoms with Crippen molar-refractivity contribution >= 4 is 5.95 Å². The first-order valence-corrected chi connectivity index (χ1v) is 10.2. The van der Waals surface area contributed by atoms with Crippen LogP contribution in [-0.2, 0) is 4.74 Å². The van der Waals surface area contributed by atoms with Crippen LogP contribution in [0.15, 0.2) is 42.4 Å². The minimum absolute atomic E-state index is 0.113. The molecule has 2 aliphatic rings. The van der Waals surface area contributed by atoms with Gasteiger partial charge in [0, 0.05) is 24.5 Å². The third-order valence-corrected chi connectivity index (χ3v) is 5.16. The van der Waals surface area contributed by atoms with Crippen LogP contribution in [0, 0.1) is 11.7 Å². The molecule has 0 saturated carbocycles. The van der Waals surface area contributed by atoms with E-state index in [9.17, 15) is 13.2 Å². The van der Waals surface area contributed by atoms with E-state index in [4.69, 9.17) is 9.47 Å². The van der Waals surface area contributed by atoms with E-state index in [2.05, 4.69) is 32.1 Å². The molecule has 1 aromatic heterocycles. The highest BCUT2D eigenvalue weighted by molar-refractivity contribution is 5.37. The number of anilines is 1. The zero-order valence-electron chi connectivity index (χ0n) is 17.5. The zero-order chi connectivity index (χ0) is 22.3. The predicted molar refractivity (Wildman–Crippen MR) is 111 cm³/mol. The molecule has 0 aliphatic carbocycles. The molecule has 10 heteroatoms. The number of morpholine rings is 1. The minimum atomic E-state index is -2.90. The van der Waals surface area contributed by atoms with E-state index in [0.29, 0.717) is 25.5 Å². The fourth-order valence-electron chi connectivity index (χ4n) is 3.34. The van der Waals surface area contributed by atoms with Crippen molar-refractivity contribution in [2.45, 2.75) is 19.3 Å². The topological polar surface area (TPSA) is 71.5 Å². The molecule has 2 N–H and O–H groups in total. The van der Waals surface area contributed by atoms with E-state index in [1.165, 1.54) is 0 Å². The van der Waals surface area contributed by atoms with Crippen molar-refractivity contribution < 1.29 is 22.6 Å². The van der Waals surface area contributed by atoms with Crippen molar-refractivity contribution in [2.75, 3.05) is 51.3 Å². The molecule has 3 rings (SSSR count). The van der Waals surface area contributed by atoms with Gasteiger partial charge in [0.15, 0.2) is 0 Å². The fraction of sp³-hybridized carbons (Fsp3) is 0.524. The van der Waals surface area contributed by atoms with Gasteiger partial charge in [0.1, 0.15) is 0 Å². The van der Waals surface area contributed by atoms with Crippen LogP contribution in [0.1, 0.15) is 13.3 Å². The summed E-state index contributed by atoms with van der Waals surface area (Å²) >= 11 is 0. The maximum absolute atomic E-state index is 14.0. The minimum Gasteiger partial charge on any atom is -0.475 e. The number of halogens is 3. The second-order valence-electron chi connectivity index (χ2n) is 7.45. The van der Waals surface area contributed by atoms with Crippen LogP contribution < -0.4 is 15.4 Å². The lowest BCUT2D eigenvalue weighted by Gasteiger charge is -2.31. The number of hydrogen-bond acceptors (Lipinski definition) is 7. The lowest BCUT2D eigenvalue weighted by molar-refractivity contribution is -0.0870. The Balaban J connectivity index is 1.63. The highest BCUT2D eigenvalue weighted by Gasteiger charge is 2.42. The Morgan fingerprint density at radius 3 is 2.90 bits per heavy atom. The van der Waals surface area contributed by atoms with Gasteiger partial charge < -0.3 is 25.0 Å². The van der Waals surface area contributed by atoms with E-state index in [0.717, 1.165) is 25.0 Å². The molecule has 1 atom stereocenters. The zero-order valence-corrected chi connectivity index (χ0v) is 17.5. The number of alkyl halides is 2. The molecule has 0 radical (unpaired) electrons. The molecule has 0 bridgehead atoms. The van der Waals surface area contributed by atoms with E-state index < -0.39 is 24.2 Å². The Kier molecular flexibility index (Phi) is 7.91. The second-order valence-corrected chi connectivity index (χ2v) is 7.45. The summed E-state index contributed by atoms with van der Waals surface area (Å²) in [6.07, 6.45) is 6.70. The molecule has 31 heavy (non-hydrogen) atoms. The maximum Gasteiger partial charge on any atom is 0.266 e. The van der Waals surface area contributed by atoms with Gasteiger partial charge in [-0.05, 0) is 38.1 Å². The number of ether oxygens (including phenoxy) is 2. The van der Waals surface area contributed by atoms with Crippen LogP contribution in [0.3, 0.4) is 0 Å². The Morgan fingerprint density at radius 1 is 1.42 bits per heavy atom. The normalized spacial score (nSPS) is 22.2. The van der Waals surface area contributed by atoms with Gasteiger partial charge in [-0.25, -0.2) is 13.8 Å². The first-order valence-electron chi connectivity index (χ1n) is 10.2. The first kappa shape index (κ1) is 23.1. The summed E-state index contributed by atoms with van der Waals surface area (Å²) in [6.45, 7) is 8.31. The monoisotopic (exact) mass is 439 g/mol. The number of allylic oxidation sites excluding steroid dienone is 4. The van der Waals surface area contributed by atoms with Crippen molar-refractivity contribution in [3.8, 4) is 5.88 Å². The number of hydrogen-bond donors (Lipinski definition) is 2. The van der Waals surface area contributed by atoms with E-state index in [1.54, 1.807) is 13.0 Å². The molecule has 0 spiro atoms. The van der Waals surface area contributed by atoms with Crippen molar-refractivity contribution in [2.24, 2.45) is 5.92 Å². The summed E-state index contributed by atoms with van der Waals surface area (Å²) in [4.78, 5) is 10.1. The molecule has 2 fully saturated rings. The molecule has 1 unspecified atom stereocenters. The average molecular weight is 439 g/mol. The van der Waals surface area contributed by atoms with Crippen molar-refractivity contribution in [3.63, 3.8) is 0 Å². The molecule has 1 aromatic rings. The summed E-state index contributed by atoms with van der Waals surface area (Å²) in [5.41, 5.74) is 1.66. The third kappa shape index (κ3) is 6.44. The standard InChI is InChI=1S/C21H28F3N5O2/c1-3-17(29-8-10-30-11-9-29)5-4-15(2)27-20-26-12-18(22)19(28-20)31-13-16-6-7-25-14-21(16,23)24/h3-5,12,16,25H,1,6-11,13-14H2,2H3,(H,26,27,28)/b15-4+,17-5+. The van der Waals surface area contributed by atoms with Crippen molar-refractivity contribution in [1.82, 2.24) is 20.2 Å². The van der Waals surface area contributed by atoms with E-state index >= 15 is 0 Å². The Labute approximate surface area is 180 Å². The van der Waals surface area contributed by atoms with Gasteiger partial charge >= 0.3 is 0 Å². The lowest BCUT2D eigenvalue weighted by atomic mass is 9.95. The van der Waals surface area contributed by atoms with Gasteiger partial charge in [0.25, 0.3) is 11.8 Å². The summed E-state index contributed by atoms with van der Waals surface area (Å²) < 4.78 is 52.5. The van der Waals surface area contributed by atoms with Crippen LogP contribution in [0.4, 0.5) is 19.1 Å². The first-order chi connectivity index (χ1) is 14.9. The quantitative estimate of drug-likeness (QED) is 0.604. The SMILES string of the molecule is C=C/C(=C\C=C(/C)Nc1ncc(F)c(OCC2CCNCC2(F)F)n1)N1CCOCC1. The second kappa shape index (κ2) is 10.6. The number of rotatable bonds is 8. The van der Waals surface area contributed by atoms with Crippen LogP contribution in [0.5, 0.6) is 5.88 Å². The molecule has 2 aliphatic heterocycles. The number of aromatic nitrogens is 2. The van der Waals surface area contributed by atoms with Crippen molar-refractivity contribution in [3.05, 3.63) is 48.2 Å². The molecule has 2 saturated heterocycles. The van der Waals surface area contributed by atoms with Gasteiger partial charge in [0.2, 0.25) is 11.8 Å². The largest absolute Gasteiger partial charge is 0.475 e. The highest BCUT2D eigenvalue weighted by Crippen LogP contribution is 2.30. The predicted octanol–water partition coefficient (Wildman–Crippen LogP) is 2.96. The summed E-state index contributed by atoms with van der Waals surface area (Å²) in [5.74, 6) is -4.94. The molecular formula is C21H28F3N5O2. The summed E-state index contributed by atoms with van der Waals surface area (Å²) in [6, 6.07) is 0. The number of nitrogens with one attached hydrogen (secondary N) is 2. The molecule has 170 valence electrons. The Bertz CT molecular complexity index is 825. The Morgan fingerprint density at radius 2 is 2.19 bits per heavy atom. The number of piperidine rings is 1. The van der Waals surface area contributed by atoms with Crippen LogP contribution in [0.25, 0.3) is 0 Å². The molecule has 7 nitrogen and oxygen atoms in total. The van der Waals surface area contributed by atoms with Gasteiger partial charge in [-0.3, -0.25) is 0 Å². The van der Waals surface area contributed by atoms with Gasteiger partial charge in [-0.2, -0.15) is 9.37 Å². The molecule has 0 amide bonds. The lowest BCUT2D eigenvalue weighted by Crippen LogP contribution is -2.48. The van der Waals surface area contributed by atoms with E-state index in [1.807, 2.05) is 12.2 Å². The maximum atomic E-state index is 14.0.